The summed E-state index contributed by atoms with van der Waals surface area (Å²) in [5.41, 5.74) is 2.53. The summed E-state index contributed by atoms with van der Waals surface area (Å²) in [6, 6.07) is 3.91. The van der Waals surface area contributed by atoms with Crippen molar-refractivity contribution in [1.82, 2.24) is 4.90 Å². The van der Waals surface area contributed by atoms with Crippen molar-refractivity contribution in [2.45, 2.75) is 73.5 Å². The van der Waals surface area contributed by atoms with Gasteiger partial charge in [-0.25, -0.2) is 8.42 Å². The Bertz CT molecular complexity index is 1070. The van der Waals surface area contributed by atoms with E-state index in [0.29, 0.717) is 32.0 Å². The Hall–Kier alpha value is -2.35. The highest BCUT2D eigenvalue weighted by Crippen LogP contribution is 2.40. The molecule has 0 spiro atoms. The molecule has 14 heteroatoms. The molecule has 2 aliphatic rings. The van der Waals surface area contributed by atoms with Crippen molar-refractivity contribution >= 4 is 21.7 Å². The van der Waals surface area contributed by atoms with E-state index in [1.807, 2.05) is 0 Å². The van der Waals surface area contributed by atoms with Crippen LogP contribution >= 0.6 is 0 Å². The molecule has 36 heavy (non-hydrogen) atoms. The number of benzene rings is 1. The minimum atomic E-state index is -5.19. The van der Waals surface area contributed by atoms with E-state index in [0.717, 1.165) is 31.4 Å². The zero-order valence-electron chi connectivity index (χ0n) is 19.7. The molecule has 0 unspecified atom stereocenters. The molecule has 1 aliphatic heterocycles. The Kier molecular flexibility index (Phi) is 8.46. The van der Waals surface area contributed by atoms with Gasteiger partial charge in [-0.05, 0) is 57.2 Å². The summed E-state index contributed by atoms with van der Waals surface area (Å²) in [6.07, 6.45) is -6.26. The van der Waals surface area contributed by atoms with Gasteiger partial charge in [0.05, 0.1) is 15.2 Å². The van der Waals surface area contributed by atoms with Gasteiger partial charge >= 0.3 is 12.4 Å². The SMILES string of the molecule is CC(C)(C1CCN(C(=O)C2([NH3+])CCC2)CC1)S(=O)(=O)c1cccc(C(F)(F)F)c1.O=C([O-])C(F)(F)F. The van der Waals surface area contributed by atoms with Crippen LogP contribution in [0.5, 0.6) is 0 Å². The third-order valence-corrected chi connectivity index (χ3v) is 9.52. The van der Waals surface area contributed by atoms with Crippen LogP contribution in [0.1, 0.15) is 51.5 Å². The topological polar surface area (TPSA) is 122 Å². The highest BCUT2D eigenvalue weighted by molar-refractivity contribution is 7.92. The molecule has 0 radical (unpaired) electrons. The molecule has 3 N–H and O–H groups in total. The maximum atomic E-state index is 13.2. The molecule has 1 saturated heterocycles. The van der Waals surface area contributed by atoms with Gasteiger partial charge in [-0.15, -0.1) is 0 Å². The van der Waals surface area contributed by atoms with Crippen molar-refractivity contribution in [2.75, 3.05) is 13.1 Å². The van der Waals surface area contributed by atoms with Gasteiger partial charge in [0.2, 0.25) is 0 Å². The molecule has 0 atom stereocenters. The lowest BCUT2D eigenvalue weighted by Gasteiger charge is -2.43. The predicted octanol–water partition coefficient (Wildman–Crippen LogP) is 1.96. The lowest BCUT2D eigenvalue weighted by Crippen LogP contribution is -2.82. The van der Waals surface area contributed by atoms with Crippen LogP contribution in [0, 0.1) is 5.92 Å². The molecule has 2 fully saturated rings. The summed E-state index contributed by atoms with van der Waals surface area (Å²) in [7, 11) is -4.00. The van der Waals surface area contributed by atoms with Gasteiger partial charge in [-0.3, -0.25) is 4.79 Å². The first kappa shape index (κ1) is 29.9. The minimum Gasteiger partial charge on any atom is -0.542 e. The fraction of sp³-hybridized carbons (Fsp3) is 0.636. The smallest absolute Gasteiger partial charge is 0.430 e. The average Bonchev–Trinajstić information content (AvgIpc) is 2.76. The standard InChI is InChI=1S/C20H27F3N2O3S.C2HF3O2/c1-18(2,29(27,28)16-6-3-5-15(13-16)20(21,22)23)14-7-11-25(12-8-14)17(26)19(24)9-4-10-19;3-2(4,5)1(6)7/h3,5-6,13-14H,4,7-12,24H2,1-2H3;(H,6,7). The number of amides is 1. The number of aliphatic carboxylic acids is 1. The second-order valence-corrected chi connectivity index (χ2v) is 12.1. The van der Waals surface area contributed by atoms with Crippen LogP contribution < -0.4 is 10.8 Å². The Morgan fingerprint density at radius 2 is 1.56 bits per heavy atom. The Labute approximate surface area is 204 Å². The van der Waals surface area contributed by atoms with Crippen molar-refractivity contribution in [3.8, 4) is 0 Å². The van der Waals surface area contributed by atoms with Gasteiger partial charge in [-0.2, -0.15) is 26.3 Å². The van der Waals surface area contributed by atoms with E-state index in [1.54, 1.807) is 18.7 Å². The summed E-state index contributed by atoms with van der Waals surface area (Å²) in [4.78, 5) is 22.9. The number of nitrogens with zero attached hydrogens (tertiary/aromatic N) is 1. The largest absolute Gasteiger partial charge is 0.542 e. The van der Waals surface area contributed by atoms with Crippen molar-refractivity contribution in [1.29, 1.82) is 0 Å². The molecule has 1 aliphatic carbocycles. The lowest BCUT2D eigenvalue weighted by molar-refractivity contribution is -0.479. The van der Waals surface area contributed by atoms with Gasteiger partial charge in [0.15, 0.2) is 15.4 Å². The third kappa shape index (κ3) is 6.31. The van der Waals surface area contributed by atoms with E-state index in [4.69, 9.17) is 9.90 Å². The molecule has 204 valence electrons. The van der Waals surface area contributed by atoms with E-state index < -0.39 is 44.0 Å². The minimum absolute atomic E-state index is 0.0285. The summed E-state index contributed by atoms with van der Waals surface area (Å²) in [6.45, 7) is 4.03. The van der Waals surface area contributed by atoms with E-state index >= 15 is 0 Å². The molecule has 0 aromatic heterocycles. The van der Waals surface area contributed by atoms with Crippen molar-refractivity contribution < 1.29 is 55.2 Å². The van der Waals surface area contributed by atoms with E-state index in [9.17, 15) is 39.6 Å². The number of hydrogen-bond acceptors (Lipinski definition) is 5. The second-order valence-electron chi connectivity index (χ2n) is 9.62. The molecular weight excluding hydrogens is 518 g/mol. The molecular formula is C22H28F6N2O5S. The van der Waals surface area contributed by atoms with E-state index in [-0.39, 0.29) is 16.7 Å². The first-order chi connectivity index (χ1) is 16.2. The maximum absolute atomic E-state index is 13.2. The van der Waals surface area contributed by atoms with Crippen LogP contribution in [0.4, 0.5) is 26.3 Å². The summed E-state index contributed by atoms with van der Waals surface area (Å²) in [5.74, 6) is -3.23. The molecule has 0 bridgehead atoms. The number of halogens is 6. The van der Waals surface area contributed by atoms with Crippen LogP contribution in [0.25, 0.3) is 0 Å². The average molecular weight is 547 g/mol. The van der Waals surface area contributed by atoms with Crippen LogP contribution in [0.15, 0.2) is 29.2 Å². The number of carbonyl (C=O) groups is 2. The lowest BCUT2D eigenvalue weighted by atomic mass is 9.76. The third-order valence-electron chi connectivity index (χ3n) is 6.93. The van der Waals surface area contributed by atoms with E-state index in [1.165, 1.54) is 6.07 Å². The number of rotatable bonds is 4. The Balaban J connectivity index is 0.000000572. The summed E-state index contributed by atoms with van der Waals surface area (Å²) in [5, 5.41) is 8.78. The summed E-state index contributed by atoms with van der Waals surface area (Å²) >= 11 is 0. The predicted molar refractivity (Wildman–Crippen MR) is 113 cm³/mol. The molecule has 1 saturated carbocycles. The second kappa shape index (κ2) is 10.2. The zero-order chi connectivity index (χ0) is 27.7. The quantitative estimate of drug-likeness (QED) is 0.579. The van der Waals surface area contributed by atoms with Crippen LogP contribution in [-0.2, 0) is 25.6 Å². The Morgan fingerprint density at radius 3 is 1.94 bits per heavy atom. The molecule has 1 amide bonds. The van der Waals surface area contributed by atoms with Gasteiger partial charge < -0.3 is 20.5 Å². The number of sulfone groups is 1. The van der Waals surface area contributed by atoms with Gasteiger partial charge in [0.1, 0.15) is 5.97 Å². The number of hydrogen-bond donors (Lipinski definition) is 1. The summed E-state index contributed by atoms with van der Waals surface area (Å²) < 4.78 is 95.8. The molecule has 1 aromatic carbocycles. The maximum Gasteiger partial charge on any atom is 0.430 e. The van der Waals surface area contributed by atoms with E-state index in [2.05, 4.69) is 5.73 Å². The van der Waals surface area contributed by atoms with Crippen LogP contribution in [0.3, 0.4) is 0 Å². The van der Waals surface area contributed by atoms with Gasteiger partial charge in [0, 0.05) is 25.9 Å². The number of likely N-dealkylation sites (tertiary alicyclic amines) is 1. The normalized spacial score (nSPS) is 19.1. The fourth-order valence-corrected chi connectivity index (χ4v) is 6.12. The van der Waals surface area contributed by atoms with Crippen molar-refractivity contribution in [2.24, 2.45) is 5.92 Å². The van der Waals surface area contributed by atoms with Crippen LogP contribution in [-0.4, -0.2) is 54.7 Å². The van der Waals surface area contributed by atoms with Gasteiger partial charge in [-0.1, -0.05) is 6.07 Å². The van der Waals surface area contributed by atoms with Crippen molar-refractivity contribution in [3.63, 3.8) is 0 Å². The Morgan fingerprint density at radius 1 is 1.06 bits per heavy atom. The molecule has 1 aromatic rings. The molecule has 1 heterocycles. The molecule has 7 nitrogen and oxygen atoms in total. The number of piperidine rings is 1. The number of alkyl halides is 6. The zero-order valence-corrected chi connectivity index (χ0v) is 20.5. The van der Waals surface area contributed by atoms with Gasteiger partial charge in [0.25, 0.3) is 5.91 Å². The monoisotopic (exact) mass is 546 g/mol. The number of carbonyl (C=O) groups excluding carboxylic acids is 2. The highest BCUT2D eigenvalue weighted by atomic mass is 32.2. The number of carboxylic acid groups (broad SMARTS) is 1. The number of carboxylic acids is 1. The fourth-order valence-electron chi connectivity index (χ4n) is 4.29. The first-order valence-corrected chi connectivity index (χ1v) is 12.6. The first-order valence-electron chi connectivity index (χ1n) is 11.1. The number of quaternary nitrogens is 1. The highest BCUT2D eigenvalue weighted by Gasteiger charge is 2.49. The van der Waals surface area contributed by atoms with Crippen molar-refractivity contribution in [3.05, 3.63) is 29.8 Å². The van der Waals surface area contributed by atoms with Crippen LogP contribution in [0.2, 0.25) is 0 Å². The molecule has 3 rings (SSSR count).